The minimum atomic E-state index is -4.44. The van der Waals surface area contributed by atoms with Crippen LogP contribution in [0.1, 0.15) is 24.1 Å². The highest BCUT2D eigenvalue weighted by Crippen LogP contribution is 2.35. The third-order valence-electron chi connectivity index (χ3n) is 5.62. The van der Waals surface area contributed by atoms with E-state index in [0.29, 0.717) is 29.3 Å². The van der Waals surface area contributed by atoms with Crippen molar-refractivity contribution in [2.45, 2.75) is 19.1 Å². The van der Waals surface area contributed by atoms with Crippen LogP contribution in [0.3, 0.4) is 0 Å². The largest absolute Gasteiger partial charge is 0.416 e. The average Bonchev–Trinajstić information content (AvgIpc) is 2.87. The number of hydrogen-bond acceptors (Lipinski definition) is 5. The van der Waals surface area contributed by atoms with Crippen LogP contribution in [0.5, 0.6) is 0 Å². The van der Waals surface area contributed by atoms with Gasteiger partial charge in [-0.2, -0.15) is 13.2 Å². The van der Waals surface area contributed by atoms with Gasteiger partial charge >= 0.3 is 6.18 Å². The second-order valence-electron chi connectivity index (χ2n) is 8.06. The van der Waals surface area contributed by atoms with E-state index in [1.54, 1.807) is 36.8 Å². The fraction of sp³-hybridized carbons (Fsp3) is 0.192. The van der Waals surface area contributed by atoms with Gasteiger partial charge in [-0.3, -0.25) is 4.98 Å². The van der Waals surface area contributed by atoms with Gasteiger partial charge in [0.25, 0.3) is 0 Å². The Bertz CT molecular complexity index is 1230. The Labute approximate surface area is 195 Å². The molecule has 2 aromatic heterocycles. The lowest BCUT2D eigenvalue weighted by Crippen LogP contribution is -2.25. The van der Waals surface area contributed by atoms with E-state index in [2.05, 4.69) is 20.3 Å². The zero-order chi connectivity index (χ0) is 24.1. The van der Waals surface area contributed by atoms with Gasteiger partial charge in [0.15, 0.2) is 0 Å². The normalized spacial score (nSPS) is 13.3. The molecule has 2 heterocycles. The van der Waals surface area contributed by atoms with Crippen LogP contribution in [-0.2, 0) is 6.18 Å². The van der Waals surface area contributed by atoms with Crippen molar-refractivity contribution in [3.05, 3.63) is 96.4 Å². The summed E-state index contributed by atoms with van der Waals surface area (Å²) in [6, 6.07) is 18.3. The van der Waals surface area contributed by atoms with Crippen LogP contribution >= 0.6 is 0 Å². The van der Waals surface area contributed by atoms with Crippen LogP contribution in [0.25, 0.3) is 22.4 Å². The molecule has 0 amide bonds. The Hall–Kier alpha value is -3.78. The quantitative estimate of drug-likeness (QED) is 0.353. The number of anilines is 1. The van der Waals surface area contributed by atoms with E-state index < -0.39 is 11.7 Å². The zero-order valence-corrected chi connectivity index (χ0v) is 18.5. The highest BCUT2D eigenvalue weighted by atomic mass is 19.4. The van der Waals surface area contributed by atoms with Crippen molar-refractivity contribution in [2.24, 2.45) is 11.7 Å². The number of alkyl halides is 3. The molecule has 0 aliphatic heterocycles. The topological polar surface area (TPSA) is 76.7 Å². The number of nitrogens with one attached hydrogen (secondary N) is 1. The molecule has 0 spiro atoms. The summed E-state index contributed by atoms with van der Waals surface area (Å²) < 4.78 is 39.8. The van der Waals surface area contributed by atoms with Crippen LogP contribution in [0.15, 0.2) is 85.3 Å². The van der Waals surface area contributed by atoms with Crippen molar-refractivity contribution in [3.8, 4) is 22.4 Å². The number of aromatic nitrogens is 3. The molecule has 8 heteroatoms. The highest BCUT2D eigenvalue weighted by Gasteiger charge is 2.30. The summed E-state index contributed by atoms with van der Waals surface area (Å²) in [5, 5.41) is 3.22. The Kier molecular flexibility index (Phi) is 6.88. The Morgan fingerprint density at radius 1 is 0.941 bits per heavy atom. The Morgan fingerprint density at radius 2 is 1.68 bits per heavy atom. The summed E-state index contributed by atoms with van der Waals surface area (Å²) in [5.41, 5.74) is 8.82. The predicted octanol–water partition coefficient (Wildman–Crippen LogP) is 5.97. The molecule has 4 aromatic rings. The number of pyridine rings is 1. The maximum atomic E-state index is 13.3. The molecule has 2 aromatic carbocycles. The van der Waals surface area contributed by atoms with Crippen LogP contribution in [-0.4, -0.2) is 21.5 Å². The fourth-order valence-corrected chi connectivity index (χ4v) is 3.65. The monoisotopic (exact) mass is 463 g/mol. The standard InChI is InChI=1S/C26H24F3N5/c1-17(23(30)18-6-3-2-4-7-18)15-32-25-33-16-22(24(34-25)19-10-12-31-13-11-19)20-8-5-9-21(14-20)26(27,28)29/h2-14,16-17,23H,15,30H2,1H3,(H,32,33,34)/t17-,23-/m1/s1. The first-order chi connectivity index (χ1) is 16.3. The van der Waals surface area contributed by atoms with Crippen molar-refractivity contribution < 1.29 is 13.2 Å². The second kappa shape index (κ2) is 10.0. The summed E-state index contributed by atoms with van der Waals surface area (Å²) in [7, 11) is 0. The van der Waals surface area contributed by atoms with Gasteiger partial charge in [0.2, 0.25) is 5.95 Å². The predicted molar refractivity (Wildman–Crippen MR) is 127 cm³/mol. The molecule has 5 nitrogen and oxygen atoms in total. The third kappa shape index (κ3) is 5.40. The molecule has 3 N–H and O–H groups in total. The summed E-state index contributed by atoms with van der Waals surface area (Å²) >= 11 is 0. The minimum Gasteiger partial charge on any atom is -0.354 e. The summed E-state index contributed by atoms with van der Waals surface area (Å²) in [6.45, 7) is 2.56. The Balaban J connectivity index is 1.63. The van der Waals surface area contributed by atoms with Gasteiger partial charge in [-0.25, -0.2) is 9.97 Å². The molecule has 0 aliphatic carbocycles. The lowest BCUT2D eigenvalue weighted by molar-refractivity contribution is -0.137. The maximum absolute atomic E-state index is 13.3. The number of nitrogens with two attached hydrogens (primary N) is 1. The van der Waals surface area contributed by atoms with Crippen molar-refractivity contribution in [1.82, 2.24) is 15.0 Å². The van der Waals surface area contributed by atoms with Gasteiger partial charge in [-0.1, -0.05) is 49.4 Å². The van der Waals surface area contributed by atoms with Crippen LogP contribution in [0.2, 0.25) is 0 Å². The van der Waals surface area contributed by atoms with Gasteiger partial charge < -0.3 is 11.1 Å². The molecule has 0 saturated carbocycles. The van der Waals surface area contributed by atoms with Crippen molar-refractivity contribution in [2.75, 3.05) is 11.9 Å². The molecule has 0 radical (unpaired) electrons. The molecule has 0 fully saturated rings. The third-order valence-corrected chi connectivity index (χ3v) is 5.62. The van der Waals surface area contributed by atoms with E-state index >= 15 is 0 Å². The molecule has 174 valence electrons. The zero-order valence-electron chi connectivity index (χ0n) is 18.5. The number of halogens is 3. The Morgan fingerprint density at radius 3 is 2.38 bits per heavy atom. The highest BCUT2D eigenvalue weighted by molar-refractivity contribution is 5.81. The van der Waals surface area contributed by atoms with E-state index in [0.717, 1.165) is 23.3 Å². The van der Waals surface area contributed by atoms with Gasteiger partial charge in [0.1, 0.15) is 0 Å². The van der Waals surface area contributed by atoms with Crippen molar-refractivity contribution in [1.29, 1.82) is 0 Å². The molecule has 0 aliphatic rings. The number of nitrogens with zero attached hydrogens (tertiary/aromatic N) is 3. The first-order valence-electron chi connectivity index (χ1n) is 10.8. The van der Waals surface area contributed by atoms with Crippen molar-refractivity contribution >= 4 is 5.95 Å². The average molecular weight is 464 g/mol. The van der Waals surface area contributed by atoms with E-state index in [4.69, 9.17) is 5.73 Å². The van der Waals surface area contributed by atoms with Crippen LogP contribution < -0.4 is 11.1 Å². The lowest BCUT2D eigenvalue weighted by Gasteiger charge is -2.21. The fourth-order valence-electron chi connectivity index (χ4n) is 3.65. The smallest absolute Gasteiger partial charge is 0.354 e. The number of benzene rings is 2. The first kappa shape index (κ1) is 23.4. The van der Waals surface area contributed by atoms with E-state index in [1.165, 1.54) is 6.07 Å². The molecule has 2 atom stereocenters. The number of hydrogen-bond donors (Lipinski definition) is 2. The molecule has 0 unspecified atom stereocenters. The second-order valence-corrected chi connectivity index (χ2v) is 8.06. The molecule has 4 rings (SSSR count). The summed E-state index contributed by atoms with van der Waals surface area (Å²) in [6.07, 6.45) is 0.327. The van der Waals surface area contributed by atoms with Gasteiger partial charge in [0, 0.05) is 42.3 Å². The first-order valence-corrected chi connectivity index (χ1v) is 10.8. The van der Waals surface area contributed by atoms with E-state index in [9.17, 15) is 13.2 Å². The van der Waals surface area contributed by atoms with Crippen LogP contribution in [0.4, 0.5) is 19.1 Å². The lowest BCUT2D eigenvalue weighted by atomic mass is 9.95. The molecule has 34 heavy (non-hydrogen) atoms. The summed E-state index contributed by atoms with van der Waals surface area (Å²) in [5.74, 6) is 0.452. The van der Waals surface area contributed by atoms with Crippen molar-refractivity contribution in [3.63, 3.8) is 0 Å². The number of rotatable bonds is 7. The molecular formula is C26H24F3N5. The molecule has 0 bridgehead atoms. The SMILES string of the molecule is C[C@H](CNc1ncc(-c2cccc(C(F)(F)F)c2)c(-c2ccncc2)n1)[C@@H](N)c1ccccc1. The summed E-state index contributed by atoms with van der Waals surface area (Å²) in [4.78, 5) is 13.0. The van der Waals surface area contributed by atoms with Gasteiger partial charge in [-0.15, -0.1) is 0 Å². The van der Waals surface area contributed by atoms with Gasteiger partial charge in [-0.05, 0) is 41.3 Å². The maximum Gasteiger partial charge on any atom is 0.416 e. The van der Waals surface area contributed by atoms with E-state index in [-0.39, 0.29) is 12.0 Å². The van der Waals surface area contributed by atoms with E-state index in [1.807, 2.05) is 37.3 Å². The van der Waals surface area contributed by atoms with Gasteiger partial charge in [0.05, 0.1) is 11.3 Å². The molecule has 0 saturated heterocycles. The molecular weight excluding hydrogens is 439 g/mol. The van der Waals surface area contributed by atoms with Crippen LogP contribution in [0, 0.1) is 5.92 Å². The minimum absolute atomic E-state index is 0.0820.